The lowest BCUT2D eigenvalue weighted by molar-refractivity contribution is -0.122. The first-order valence-corrected chi connectivity index (χ1v) is 7.93. The van der Waals surface area contributed by atoms with Gasteiger partial charge in [0.25, 0.3) is 6.47 Å². The van der Waals surface area contributed by atoms with Crippen LogP contribution in [0.5, 0.6) is 0 Å². The van der Waals surface area contributed by atoms with Crippen molar-refractivity contribution < 1.29 is 19.4 Å². The number of para-hydroxylation sites is 1. The van der Waals surface area contributed by atoms with Gasteiger partial charge in [-0.05, 0) is 45.2 Å². The van der Waals surface area contributed by atoms with E-state index in [0.29, 0.717) is 0 Å². The van der Waals surface area contributed by atoms with Crippen LogP contribution in [0.2, 0.25) is 0 Å². The fraction of sp³-hybridized carbons (Fsp3) is 0.444. The smallest absolute Gasteiger partial charge is 0.407 e. The Morgan fingerprint density at radius 3 is 2.58 bits per heavy atom. The van der Waals surface area contributed by atoms with Crippen molar-refractivity contribution in [1.29, 1.82) is 0 Å². The van der Waals surface area contributed by atoms with E-state index in [1.807, 2.05) is 39.1 Å². The Balaban J connectivity index is 0.000000891. The zero-order valence-electron chi connectivity index (χ0n) is 14.6. The summed E-state index contributed by atoms with van der Waals surface area (Å²) in [5, 5.41) is 11.1. The molecule has 132 valence electrons. The van der Waals surface area contributed by atoms with Gasteiger partial charge in [0, 0.05) is 23.1 Å². The number of hydrogen-bond donors (Lipinski definition) is 3. The molecule has 6 nitrogen and oxygen atoms in total. The van der Waals surface area contributed by atoms with E-state index < -0.39 is 5.60 Å². The quantitative estimate of drug-likeness (QED) is 0.743. The largest absolute Gasteiger partial charge is 0.483 e. The molecule has 0 fully saturated rings. The van der Waals surface area contributed by atoms with Crippen molar-refractivity contribution in [2.24, 2.45) is 0 Å². The number of aromatic nitrogens is 1. The van der Waals surface area contributed by atoms with Crippen molar-refractivity contribution in [3.05, 3.63) is 36.0 Å². The minimum absolute atomic E-state index is 0.0686. The van der Waals surface area contributed by atoms with Crippen LogP contribution in [0.15, 0.2) is 30.5 Å². The van der Waals surface area contributed by atoms with Crippen LogP contribution in [0, 0.1) is 0 Å². The minimum Gasteiger partial charge on any atom is -0.483 e. The van der Waals surface area contributed by atoms with E-state index in [1.54, 1.807) is 0 Å². The maximum Gasteiger partial charge on any atom is 0.407 e. The van der Waals surface area contributed by atoms with Gasteiger partial charge < -0.3 is 20.1 Å². The average Bonchev–Trinajstić information content (AvgIpc) is 2.89. The molecule has 1 aromatic carbocycles. The fourth-order valence-corrected chi connectivity index (χ4v) is 2.34. The maximum absolute atomic E-state index is 11.9. The summed E-state index contributed by atoms with van der Waals surface area (Å²) in [6.45, 7) is 7.42. The van der Waals surface area contributed by atoms with Crippen molar-refractivity contribution >= 4 is 23.5 Å². The van der Waals surface area contributed by atoms with Gasteiger partial charge >= 0.3 is 6.09 Å². The predicted octanol–water partition coefficient (Wildman–Crippen LogP) is 3.71. The molecule has 2 aromatic rings. The summed E-state index contributed by atoms with van der Waals surface area (Å²) in [4.78, 5) is 23.5. The molecule has 0 radical (unpaired) electrons. The van der Waals surface area contributed by atoms with Gasteiger partial charge in [0.2, 0.25) is 0 Å². The van der Waals surface area contributed by atoms with Crippen LogP contribution in [0.4, 0.5) is 4.79 Å². The zero-order valence-corrected chi connectivity index (χ0v) is 14.6. The lowest BCUT2D eigenvalue weighted by Gasteiger charge is -2.23. The summed E-state index contributed by atoms with van der Waals surface area (Å²) >= 11 is 0. The molecule has 1 heterocycles. The summed E-state index contributed by atoms with van der Waals surface area (Å²) in [5.41, 5.74) is 1.87. The van der Waals surface area contributed by atoms with Crippen molar-refractivity contribution in [3.63, 3.8) is 0 Å². The first-order valence-electron chi connectivity index (χ1n) is 7.93. The van der Waals surface area contributed by atoms with E-state index in [0.717, 1.165) is 18.4 Å². The number of nitrogens with one attached hydrogen (secondary N) is 2. The second-order valence-electron chi connectivity index (χ2n) is 6.42. The number of carboxylic acid groups (broad SMARTS) is 1. The Labute approximate surface area is 142 Å². The van der Waals surface area contributed by atoms with E-state index in [-0.39, 0.29) is 18.6 Å². The molecule has 1 aromatic heterocycles. The van der Waals surface area contributed by atoms with Crippen LogP contribution in [-0.2, 0) is 16.0 Å². The molecule has 1 unspecified atom stereocenters. The number of benzene rings is 1. The first kappa shape index (κ1) is 19.5. The normalized spacial score (nSPS) is 12.0. The molecule has 0 aliphatic carbocycles. The van der Waals surface area contributed by atoms with Crippen LogP contribution in [0.3, 0.4) is 0 Å². The Morgan fingerprint density at radius 2 is 2.00 bits per heavy atom. The zero-order chi connectivity index (χ0) is 18.2. The second-order valence-corrected chi connectivity index (χ2v) is 6.42. The Morgan fingerprint density at radius 1 is 1.38 bits per heavy atom. The highest BCUT2D eigenvalue weighted by atomic mass is 16.6. The van der Waals surface area contributed by atoms with Crippen LogP contribution in [0.1, 0.15) is 39.7 Å². The van der Waals surface area contributed by atoms with Crippen molar-refractivity contribution in [3.8, 4) is 0 Å². The lowest BCUT2D eigenvalue weighted by Crippen LogP contribution is -2.39. The first-order chi connectivity index (χ1) is 11.3. The predicted molar refractivity (Wildman–Crippen MR) is 94.1 cm³/mol. The summed E-state index contributed by atoms with van der Waals surface area (Å²) in [6.07, 6.45) is 3.32. The molecule has 0 saturated heterocycles. The van der Waals surface area contributed by atoms with Gasteiger partial charge in [0.15, 0.2) is 0 Å². The average molecular weight is 334 g/mol. The topological polar surface area (TPSA) is 91.4 Å². The van der Waals surface area contributed by atoms with Gasteiger partial charge in [-0.15, -0.1) is 0 Å². The number of H-pyrrole nitrogens is 1. The maximum atomic E-state index is 11.9. The van der Waals surface area contributed by atoms with Crippen LogP contribution >= 0.6 is 0 Å². The van der Waals surface area contributed by atoms with Crippen LogP contribution in [-0.4, -0.2) is 34.3 Å². The summed E-state index contributed by atoms with van der Waals surface area (Å²) in [7, 11) is 0. The molecule has 3 N–H and O–H groups in total. The number of amides is 1. The molecule has 0 aliphatic rings. The SMILES string of the molecule is CCC(Cc1c[nH]c2ccccc12)NC(=O)OC(C)(C)C.O=CO. The van der Waals surface area contributed by atoms with Gasteiger partial charge in [0.05, 0.1) is 0 Å². The Kier molecular flexibility index (Phi) is 7.30. The van der Waals surface area contributed by atoms with Crippen LogP contribution < -0.4 is 5.32 Å². The third kappa shape index (κ3) is 6.32. The molecule has 0 bridgehead atoms. The van der Waals surface area contributed by atoms with Gasteiger partial charge in [-0.1, -0.05) is 25.1 Å². The van der Waals surface area contributed by atoms with Crippen LogP contribution in [0.25, 0.3) is 10.9 Å². The molecular weight excluding hydrogens is 308 g/mol. The molecule has 1 atom stereocenters. The van der Waals surface area contributed by atoms with Gasteiger partial charge in [-0.2, -0.15) is 0 Å². The molecule has 24 heavy (non-hydrogen) atoms. The summed E-state index contributed by atoms with van der Waals surface area (Å²) in [5.74, 6) is 0. The highest BCUT2D eigenvalue weighted by Gasteiger charge is 2.19. The molecular formula is C18H26N2O4. The minimum atomic E-state index is -0.469. The number of aromatic amines is 1. The van der Waals surface area contributed by atoms with Gasteiger partial charge in [-0.3, -0.25) is 4.79 Å². The third-order valence-electron chi connectivity index (χ3n) is 3.35. The second kappa shape index (κ2) is 8.96. The van der Waals surface area contributed by atoms with Crippen molar-refractivity contribution in [2.45, 2.75) is 52.2 Å². The number of hydrogen-bond acceptors (Lipinski definition) is 3. The molecule has 6 heteroatoms. The molecule has 0 aliphatic heterocycles. The van der Waals surface area contributed by atoms with Crippen molar-refractivity contribution in [1.82, 2.24) is 10.3 Å². The molecule has 2 rings (SSSR count). The Hall–Kier alpha value is -2.50. The number of fused-ring (bicyclic) bond motifs is 1. The standard InChI is InChI=1S/C17H24N2O2.CH2O2/c1-5-13(19-16(20)21-17(2,3)4)10-12-11-18-15-9-7-6-8-14(12)15;2-1-3/h6-9,11,13,18H,5,10H2,1-4H3,(H,19,20);1H,(H,2,3). The van der Waals surface area contributed by atoms with E-state index in [1.165, 1.54) is 10.9 Å². The summed E-state index contributed by atoms with van der Waals surface area (Å²) < 4.78 is 5.32. The number of carbonyl (C=O) groups is 2. The lowest BCUT2D eigenvalue weighted by atomic mass is 10.0. The van der Waals surface area contributed by atoms with Crippen molar-refractivity contribution in [2.75, 3.05) is 0 Å². The Bertz CT molecular complexity index is 658. The highest BCUT2D eigenvalue weighted by Crippen LogP contribution is 2.20. The van der Waals surface area contributed by atoms with E-state index in [9.17, 15) is 4.79 Å². The number of rotatable bonds is 4. The summed E-state index contributed by atoms with van der Waals surface area (Å²) in [6, 6.07) is 8.27. The monoisotopic (exact) mass is 334 g/mol. The van der Waals surface area contributed by atoms with E-state index in [2.05, 4.69) is 29.4 Å². The van der Waals surface area contributed by atoms with Gasteiger partial charge in [0.1, 0.15) is 5.60 Å². The molecule has 0 saturated carbocycles. The third-order valence-corrected chi connectivity index (χ3v) is 3.35. The number of alkyl carbamates (subject to hydrolysis) is 1. The van der Waals surface area contributed by atoms with E-state index >= 15 is 0 Å². The highest BCUT2D eigenvalue weighted by molar-refractivity contribution is 5.83. The number of ether oxygens (including phenoxy) is 1. The molecule has 1 amide bonds. The van der Waals surface area contributed by atoms with Gasteiger partial charge in [-0.25, -0.2) is 4.79 Å². The fourth-order valence-electron chi connectivity index (χ4n) is 2.34. The van der Waals surface area contributed by atoms with E-state index in [4.69, 9.17) is 14.6 Å². The number of carbonyl (C=O) groups excluding carboxylic acids is 1. The molecule has 0 spiro atoms.